The summed E-state index contributed by atoms with van der Waals surface area (Å²) < 4.78 is 2.15. The molecule has 0 unspecified atom stereocenters. The minimum atomic E-state index is -0.517. The number of hydrogen-bond donors (Lipinski definition) is 2. The highest BCUT2D eigenvalue weighted by Gasteiger charge is 2.23. The van der Waals surface area contributed by atoms with Crippen LogP contribution in [0.5, 0.6) is 0 Å². The first-order valence-corrected chi connectivity index (χ1v) is 7.06. The van der Waals surface area contributed by atoms with Crippen molar-refractivity contribution in [1.29, 1.82) is 0 Å². The molecule has 0 saturated carbocycles. The molecule has 1 aliphatic rings. The molecule has 22 heavy (non-hydrogen) atoms. The molecule has 0 bridgehead atoms. The quantitative estimate of drug-likeness (QED) is 0.750. The summed E-state index contributed by atoms with van der Waals surface area (Å²) >= 11 is 0. The first-order chi connectivity index (χ1) is 10.5. The Morgan fingerprint density at radius 3 is 2.91 bits per heavy atom. The highest BCUT2D eigenvalue weighted by molar-refractivity contribution is 5.92. The molecule has 0 radical (unpaired) electrons. The van der Waals surface area contributed by atoms with Crippen molar-refractivity contribution < 1.29 is 4.79 Å². The first kappa shape index (κ1) is 14.3. The van der Waals surface area contributed by atoms with Gasteiger partial charge in [-0.25, -0.2) is 4.79 Å². The molecular formula is C14H17N5O3. The zero-order valence-electron chi connectivity index (χ0n) is 12.4. The van der Waals surface area contributed by atoms with Gasteiger partial charge in [0.25, 0.3) is 11.5 Å². The van der Waals surface area contributed by atoms with Gasteiger partial charge in [-0.2, -0.15) is 5.10 Å². The Balaban J connectivity index is 1.82. The van der Waals surface area contributed by atoms with E-state index in [2.05, 4.69) is 15.5 Å². The van der Waals surface area contributed by atoms with Gasteiger partial charge in [0.05, 0.1) is 6.20 Å². The zero-order valence-corrected chi connectivity index (χ0v) is 12.4. The third-order valence-corrected chi connectivity index (χ3v) is 4.11. The summed E-state index contributed by atoms with van der Waals surface area (Å²) in [5, 5.41) is 9.81. The van der Waals surface area contributed by atoms with E-state index >= 15 is 0 Å². The Morgan fingerprint density at radius 2 is 2.14 bits per heavy atom. The first-order valence-electron chi connectivity index (χ1n) is 7.06. The van der Waals surface area contributed by atoms with Crippen molar-refractivity contribution in [3.63, 3.8) is 0 Å². The van der Waals surface area contributed by atoms with Crippen molar-refractivity contribution in [2.75, 3.05) is 0 Å². The van der Waals surface area contributed by atoms with Gasteiger partial charge < -0.3 is 5.32 Å². The van der Waals surface area contributed by atoms with Crippen LogP contribution in [0.25, 0.3) is 0 Å². The molecule has 2 aromatic rings. The van der Waals surface area contributed by atoms with Crippen molar-refractivity contribution in [2.24, 2.45) is 14.1 Å². The van der Waals surface area contributed by atoms with Gasteiger partial charge in [0.2, 0.25) is 0 Å². The zero-order chi connectivity index (χ0) is 15.9. The van der Waals surface area contributed by atoms with Gasteiger partial charge in [-0.3, -0.25) is 23.8 Å². The number of fused-ring (bicyclic) bond motifs is 1. The third-order valence-electron chi connectivity index (χ3n) is 4.11. The lowest BCUT2D eigenvalue weighted by Crippen LogP contribution is -2.44. The third kappa shape index (κ3) is 2.36. The lowest BCUT2D eigenvalue weighted by Gasteiger charge is -2.23. The van der Waals surface area contributed by atoms with Gasteiger partial charge in [0.1, 0.15) is 5.69 Å². The number of carbonyl (C=O) groups excluding carboxylic acids is 1. The number of rotatable bonds is 2. The summed E-state index contributed by atoms with van der Waals surface area (Å²) in [5.41, 5.74) is 1.26. The van der Waals surface area contributed by atoms with Gasteiger partial charge in [-0.05, 0) is 18.4 Å². The summed E-state index contributed by atoms with van der Waals surface area (Å²) in [4.78, 5) is 35.9. The molecule has 8 nitrogen and oxygen atoms in total. The predicted molar refractivity (Wildman–Crippen MR) is 78.8 cm³/mol. The van der Waals surface area contributed by atoms with Crippen LogP contribution in [-0.2, 0) is 26.9 Å². The second-order valence-corrected chi connectivity index (χ2v) is 5.56. The van der Waals surface area contributed by atoms with Gasteiger partial charge in [0, 0.05) is 38.3 Å². The maximum atomic E-state index is 12.4. The smallest absolute Gasteiger partial charge is 0.331 e. The molecule has 2 aromatic heterocycles. The topological polar surface area (TPSA) is 102 Å². The molecule has 0 fully saturated rings. The number of nitrogens with one attached hydrogen (secondary N) is 2. The van der Waals surface area contributed by atoms with Gasteiger partial charge in [0.15, 0.2) is 0 Å². The fourth-order valence-corrected chi connectivity index (χ4v) is 2.74. The maximum Gasteiger partial charge on any atom is 0.331 e. The fraction of sp³-hybridized carbons (Fsp3) is 0.429. The molecule has 2 N–H and O–H groups in total. The molecule has 116 valence electrons. The minimum absolute atomic E-state index is 0.0420. The van der Waals surface area contributed by atoms with Crippen LogP contribution in [0.2, 0.25) is 0 Å². The van der Waals surface area contributed by atoms with E-state index in [1.807, 2.05) is 0 Å². The lowest BCUT2D eigenvalue weighted by molar-refractivity contribution is 0.0923. The maximum absolute atomic E-state index is 12.4. The van der Waals surface area contributed by atoms with E-state index in [0.717, 1.165) is 23.1 Å². The van der Waals surface area contributed by atoms with Crippen LogP contribution in [0, 0.1) is 0 Å². The van der Waals surface area contributed by atoms with Crippen LogP contribution in [0.15, 0.2) is 21.9 Å². The Labute approximate surface area is 125 Å². The van der Waals surface area contributed by atoms with Gasteiger partial charge in [-0.1, -0.05) is 0 Å². The summed E-state index contributed by atoms with van der Waals surface area (Å²) in [6.07, 6.45) is 4.11. The number of hydrogen-bond acceptors (Lipinski definition) is 4. The summed E-state index contributed by atoms with van der Waals surface area (Å²) in [5.74, 6) is -0.412. The van der Waals surface area contributed by atoms with E-state index in [1.54, 1.807) is 6.20 Å². The van der Waals surface area contributed by atoms with E-state index in [9.17, 15) is 14.4 Å². The largest absolute Gasteiger partial charge is 0.348 e. The van der Waals surface area contributed by atoms with E-state index in [-0.39, 0.29) is 11.7 Å². The van der Waals surface area contributed by atoms with Crippen LogP contribution >= 0.6 is 0 Å². The number of aryl methyl sites for hydroxylation is 1. The molecule has 0 aliphatic heterocycles. The van der Waals surface area contributed by atoms with Crippen LogP contribution in [-0.4, -0.2) is 31.3 Å². The van der Waals surface area contributed by atoms with Crippen LogP contribution in [0.3, 0.4) is 0 Å². The standard InChI is InChI=1S/C14H17N5O3/c1-18-11(6-12(20)19(2)14(18)22)13(21)16-9-4-3-8-7-15-17-10(8)5-9/h6-7,9H,3-5H2,1-2H3,(H,15,17)(H,16,21)/t9-/m0/s1. The summed E-state index contributed by atoms with van der Waals surface area (Å²) in [6, 6.07) is 1.14. The molecule has 3 rings (SSSR count). The van der Waals surface area contributed by atoms with Crippen molar-refractivity contribution >= 4 is 5.91 Å². The van der Waals surface area contributed by atoms with E-state index in [0.29, 0.717) is 6.42 Å². The second kappa shape index (κ2) is 5.28. The second-order valence-electron chi connectivity index (χ2n) is 5.56. The van der Waals surface area contributed by atoms with Crippen LogP contribution in [0.1, 0.15) is 28.2 Å². The summed E-state index contributed by atoms with van der Waals surface area (Å²) in [7, 11) is 2.86. The van der Waals surface area contributed by atoms with Crippen LogP contribution < -0.4 is 16.6 Å². The number of aromatic amines is 1. The molecule has 1 aliphatic carbocycles. The molecule has 1 amide bonds. The minimum Gasteiger partial charge on any atom is -0.348 e. The predicted octanol–water partition coefficient (Wildman–Crippen LogP) is -0.906. The number of carbonyl (C=O) groups is 1. The Hall–Kier alpha value is -2.64. The van der Waals surface area contributed by atoms with Crippen molar-refractivity contribution in [1.82, 2.24) is 24.6 Å². The lowest BCUT2D eigenvalue weighted by atomic mass is 9.93. The molecule has 0 spiro atoms. The number of aromatic nitrogens is 4. The molecular weight excluding hydrogens is 286 g/mol. The SMILES string of the molecule is Cn1c(C(=O)N[C@H]2CCc3cn[nH]c3C2)cc(=O)n(C)c1=O. The molecule has 0 aromatic carbocycles. The molecule has 2 heterocycles. The molecule has 1 atom stereocenters. The Morgan fingerprint density at radius 1 is 1.36 bits per heavy atom. The number of nitrogens with zero attached hydrogens (tertiary/aromatic N) is 3. The van der Waals surface area contributed by atoms with Crippen molar-refractivity contribution in [3.05, 3.63) is 50.1 Å². The Kier molecular flexibility index (Phi) is 3.44. The fourth-order valence-electron chi connectivity index (χ4n) is 2.74. The van der Waals surface area contributed by atoms with E-state index in [1.165, 1.54) is 30.3 Å². The molecule has 8 heteroatoms. The average molecular weight is 303 g/mol. The summed E-state index contributed by atoms with van der Waals surface area (Å²) in [6.45, 7) is 0. The van der Waals surface area contributed by atoms with E-state index in [4.69, 9.17) is 0 Å². The van der Waals surface area contributed by atoms with Gasteiger partial charge >= 0.3 is 5.69 Å². The van der Waals surface area contributed by atoms with Crippen LogP contribution in [0.4, 0.5) is 0 Å². The highest BCUT2D eigenvalue weighted by Crippen LogP contribution is 2.18. The average Bonchev–Trinajstić information content (AvgIpc) is 2.96. The number of H-pyrrole nitrogens is 1. The van der Waals surface area contributed by atoms with E-state index < -0.39 is 17.2 Å². The van der Waals surface area contributed by atoms with Crippen molar-refractivity contribution in [3.8, 4) is 0 Å². The normalized spacial score (nSPS) is 17.1. The number of amides is 1. The monoisotopic (exact) mass is 303 g/mol. The Bertz CT molecular complexity index is 845. The molecule has 0 saturated heterocycles. The van der Waals surface area contributed by atoms with Crippen molar-refractivity contribution in [2.45, 2.75) is 25.3 Å². The van der Waals surface area contributed by atoms with Gasteiger partial charge in [-0.15, -0.1) is 0 Å². The highest BCUT2D eigenvalue weighted by atomic mass is 16.2.